The molecular weight excluding hydrogens is 288 g/mol. The van der Waals surface area contributed by atoms with Crippen molar-refractivity contribution in [1.29, 1.82) is 0 Å². The van der Waals surface area contributed by atoms with Crippen LogP contribution >= 0.6 is 11.8 Å². The molecule has 2 unspecified atom stereocenters. The number of hydrogen-bond donors (Lipinski definition) is 0. The zero-order valence-electron chi connectivity index (χ0n) is 13.2. The number of nitrogens with zero attached hydrogens (tertiary/aromatic N) is 2. The lowest BCUT2D eigenvalue weighted by molar-refractivity contribution is 0.126. The number of piperazine rings is 1. The Balaban J connectivity index is 1.72. The first-order valence-electron chi connectivity index (χ1n) is 8.33. The minimum absolute atomic E-state index is 0.537. The van der Waals surface area contributed by atoms with Crippen molar-refractivity contribution in [2.75, 3.05) is 39.0 Å². The van der Waals surface area contributed by atoms with E-state index in [1.807, 2.05) is 0 Å². The maximum Gasteiger partial charge on any atom is 0.0486 e. The maximum absolute atomic E-state index is 2.71. The molecule has 1 saturated heterocycles. The zero-order valence-corrected chi connectivity index (χ0v) is 14.1. The summed E-state index contributed by atoms with van der Waals surface area (Å²) in [5.74, 6) is 1.12. The Hall–Kier alpha value is -1.03. The summed E-state index contributed by atoms with van der Waals surface area (Å²) >= 11 is 2.05. The number of rotatable bonds is 1. The molecule has 3 heteroatoms. The predicted octanol–water partition coefficient (Wildman–Crippen LogP) is 3.03. The third-order valence-electron chi connectivity index (χ3n) is 5.15. The van der Waals surface area contributed by atoms with E-state index in [1.165, 1.54) is 31.8 Å². The van der Waals surface area contributed by atoms with Gasteiger partial charge in [-0.1, -0.05) is 42.5 Å². The lowest BCUT2D eigenvalue weighted by Crippen LogP contribution is -2.50. The van der Waals surface area contributed by atoms with E-state index in [-0.39, 0.29) is 0 Å². The van der Waals surface area contributed by atoms with Gasteiger partial charge in [-0.15, -0.1) is 11.8 Å². The van der Waals surface area contributed by atoms with Crippen LogP contribution < -0.4 is 0 Å². The van der Waals surface area contributed by atoms with Crippen molar-refractivity contribution in [3.8, 4) is 0 Å². The summed E-state index contributed by atoms with van der Waals surface area (Å²) in [6.45, 7) is 4.76. The summed E-state index contributed by atoms with van der Waals surface area (Å²) in [7, 11) is 2.23. The highest BCUT2D eigenvalue weighted by Gasteiger charge is 2.32. The van der Waals surface area contributed by atoms with Gasteiger partial charge in [0.2, 0.25) is 0 Å². The minimum atomic E-state index is 0.537. The summed E-state index contributed by atoms with van der Waals surface area (Å²) in [5.41, 5.74) is 4.62. The van der Waals surface area contributed by atoms with Crippen LogP contribution in [0.2, 0.25) is 0 Å². The first-order chi connectivity index (χ1) is 10.8. The monoisotopic (exact) mass is 312 g/mol. The van der Waals surface area contributed by atoms with Crippen LogP contribution in [-0.4, -0.2) is 60.1 Å². The van der Waals surface area contributed by atoms with Gasteiger partial charge < -0.3 is 4.90 Å². The highest BCUT2D eigenvalue weighted by molar-refractivity contribution is 8.00. The first-order valence-corrected chi connectivity index (χ1v) is 9.38. The fraction of sp³-hybridized carbons (Fsp3) is 0.474. The van der Waals surface area contributed by atoms with Crippen LogP contribution in [0.15, 0.2) is 59.3 Å². The molecule has 0 amide bonds. The summed E-state index contributed by atoms with van der Waals surface area (Å²) in [5, 5.41) is 0.537. The molecule has 0 aromatic heterocycles. The van der Waals surface area contributed by atoms with E-state index in [0.29, 0.717) is 11.3 Å². The van der Waals surface area contributed by atoms with Crippen LogP contribution in [0.5, 0.6) is 0 Å². The summed E-state index contributed by atoms with van der Waals surface area (Å²) in [4.78, 5) is 5.15. The van der Waals surface area contributed by atoms with Gasteiger partial charge in [-0.3, -0.25) is 4.90 Å². The quantitative estimate of drug-likeness (QED) is 0.735. The highest BCUT2D eigenvalue weighted by Crippen LogP contribution is 2.39. The van der Waals surface area contributed by atoms with Crippen LogP contribution in [0.4, 0.5) is 0 Å². The zero-order chi connectivity index (χ0) is 14.9. The van der Waals surface area contributed by atoms with Crippen LogP contribution in [0.1, 0.15) is 6.42 Å². The number of fused-ring (bicyclic) bond motifs is 2. The average molecular weight is 312 g/mol. The van der Waals surface area contributed by atoms with E-state index in [1.54, 1.807) is 11.1 Å². The van der Waals surface area contributed by atoms with E-state index in [2.05, 4.69) is 71.1 Å². The van der Waals surface area contributed by atoms with Crippen molar-refractivity contribution in [3.63, 3.8) is 0 Å². The third-order valence-corrected chi connectivity index (χ3v) is 6.28. The smallest absolute Gasteiger partial charge is 0.0486 e. The number of hydrogen-bond acceptors (Lipinski definition) is 3. The van der Waals surface area contributed by atoms with E-state index < -0.39 is 0 Å². The predicted molar refractivity (Wildman–Crippen MR) is 96.3 cm³/mol. The molecule has 0 aromatic carbocycles. The Labute approximate surface area is 137 Å². The molecule has 2 nitrogen and oxygen atoms in total. The summed E-state index contributed by atoms with van der Waals surface area (Å²) in [6.07, 6.45) is 17.5. The molecular formula is C19H24N2S. The van der Waals surface area contributed by atoms with Crippen molar-refractivity contribution in [2.24, 2.45) is 0 Å². The summed E-state index contributed by atoms with van der Waals surface area (Å²) < 4.78 is 0. The van der Waals surface area contributed by atoms with Crippen LogP contribution in [0.3, 0.4) is 0 Å². The van der Waals surface area contributed by atoms with Crippen molar-refractivity contribution in [2.45, 2.75) is 17.7 Å². The minimum Gasteiger partial charge on any atom is -0.304 e. The van der Waals surface area contributed by atoms with Crippen LogP contribution in [0.25, 0.3) is 0 Å². The van der Waals surface area contributed by atoms with Crippen molar-refractivity contribution in [1.82, 2.24) is 9.80 Å². The molecule has 0 aromatic rings. The number of allylic oxidation sites excluding steroid dienone is 4. The lowest BCUT2D eigenvalue weighted by atomic mass is 9.83. The van der Waals surface area contributed by atoms with Gasteiger partial charge >= 0.3 is 0 Å². The number of likely N-dealkylation sites (N-methyl/N-ethyl adjacent to an activating group) is 1. The molecule has 116 valence electrons. The largest absolute Gasteiger partial charge is 0.304 e. The van der Waals surface area contributed by atoms with Gasteiger partial charge in [0, 0.05) is 43.2 Å². The van der Waals surface area contributed by atoms with E-state index >= 15 is 0 Å². The Bertz CT molecular complexity index is 589. The molecule has 4 aliphatic rings. The molecule has 0 saturated carbocycles. The van der Waals surface area contributed by atoms with Gasteiger partial charge in [0.15, 0.2) is 0 Å². The van der Waals surface area contributed by atoms with Crippen LogP contribution in [-0.2, 0) is 0 Å². The van der Waals surface area contributed by atoms with E-state index in [0.717, 1.165) is 12.2 Å². The Morgan fingerprint density at radius 1 is 1.09 bits per heavy atom. The Morgan fingerprint density at radius 2 is 1.95 bits per heavy atom. The molecule has 0 bridgehead atoms. The second kappa shape index (κ2) is 6.23. The van der Waals surface area contributed by atoms with Crippen molar-refractivity contribution < 1.29 is 0 Å². The maximum atomic E-state index is 2.71. The molecule has 2 heterocycles. The van der Waals surface area contributed by atoms with Gasteiger partial charge in [-0.05, 0) is 30.2 Å². The molecule has 0 spiro atoms. The Kier molecular flexibility index (Phi) is 4.12. The fourth-order valence-corrected chi connectivity index (χ4v) is 4.95. The molecule has 0 N–H and O–H groups in total. The molecule has 2 atom stereocenters. The van der Waals surface area contributed by atoms with Gasteiger partial charge in [0.25, 0.3) is 0 Å². The number of thioether (sulfide) groups is 1. The van der Waals surface area contributed by atoms with Gasteiger partial charge in [-0.2, -0.15) is 0 Å². The average Bonchev–Trinajstić information content (AvgIpc) is 2.75. The highest BCUT2D eigenvalue weighted by atomic mass is 32.2. The standard InChI is InChI=1S/C19H24N2S/c1-20-10-12-21(13-11-20)17-7-4-5-15-9-14-22-18-8-3-2-6-16(18)19(15)17/h2-6,8-9,17-18H,7,10-14H2,1H3. The normalized spacial score (nSPS) is 32.5. The van der Waals surface area contributed by atoms with Crippen molar-refractivity contribution >= 4 is 11.8 Å². The molecule has 4 rings (SSSR count). The molecule has 1 fully saturated rings. The van der Waals surface area contributed by atoms with E-state index in [9.17, 15) is 0 Å². The third kappa shape index (κ3) is 2.66. The summed E-state index contributed by atoms with van der Waals surface area (Å²) in [6, 6.07) is 0.567. The van der Waals surface area contributed by atoms with Gasteiger partial charge in [-0.25, -0.2) is 0 Å². The van der Waals surface area contributed by atoms with Crippen LogP contribution in [0, 0.1) is 0 Å². The van der Waals surface area contributed by atoms with Crippen molar-refractivity contribution in [3.05, 3.63) is 59.3 Å². The first kappa shape index (κ1) is 14.6. The molecule has 22 heavy (non-hydrogen) atoms. The van der Waals surface area contributed by atoms with E-state index in [4.69, 9.17) is 0 Å². The fourth-order valence-electron chi connectivity index (χ4n) is 3.88. The lowest BCUT2D eigenvalue weighted by Gasteiger charge is -2.41. The Morgan fingerprint density at radius 3 is 2.82 bits per heavy atom. The topological polar surface area (TPSA) is 6.48 Å². The molecule has 2 aliphatic carbocycles. The second-order valence-electron chi connectivity index (χ2n) is 6.52. The molecule has 2 aliphatic heterocycles. The molecule has 0 radical (unpaired) electrons. The second-order valence-corrected chi connectivity index (χ2v) is 7.69. The van der Waals surface area contributed by atoms with Gasteiger partial charge in [0.1, 0.15) is 0 Å². The van der Waals surface area contributed by atoms with Gasteiger partial charge in [0.05, 0.1) is 0 Å². The SMILES string of the molecule is CN1CCN(C2CC=CC3=CCSC4C=CC=CC4=C32)CC1.